The molecule has 0 rings (SSSR count). The maximum atomic E-state index is 6.37. The highest BCUT2D eigenvalue weighted by molar-refractivity contribution is 7.12. The van der Waals surface area contributed by atoms with Gasteiger partial charge >= 0.3 is 7.87 Å². The average molecular weight is 239 g/mol. The van der Waals surface area contributed by atoms with E-state index in [9.17, 15) is 0 Å². The number of hydrogen-bond donors (Lipinski definition) is 0. The van der Waals surface area contributed by atoms with Crippen molar-refractivity contribution in [2.24, 2.45) is 0 Å². The Kier molecular flexibility index (Phi) is 8.98. The van der Waals surface area contributed by atoms with Gasteiger partial charge in [-0.15, -0.1) is 0 Å². The predicted octanol–water partition coefficient (Wildman–Crippen LogP) is 3.82. The lowest BCUT2D eigenvalue weighted by Crippen LogP contribution is -2.36. The first-order valence-electron chi connectivity index (χ1n) is 5.65. The van der Waals surface area contributed by atoms with Crippen LogP contribution in [0.5, 0.6) is 0 Å². The second-order valence-corrected chi connectivity index (χ2v) is 7.59. The van der Waals surface area contributed by atoms with Gasteiger partial charge in [0.2, 0.25) is 0 Å². The van der Waals surface area contributed by atoms with E-state index in [0.29, 0.717) is 0 Å². The summed E-state index contributed by atoms with van der Waals surface area (Å²) in [4.78, 5) is 0. The van der Waals surface area contributed by atoms with Gasteiger partial charge in [-0.3, -0.25) is 0 Å². The van der Waals surface area contributed by atoms with Crippen LogP contribution in [0.4, 0.5) is 0 Å². The largest absolute Gasteiger partial charge is 0.443 e. The van der Waals surface area contributed by atoms with Crippen LogP contribution in [-0.4, -0.2) is 21.1 Å². The van der Waals surface area contributed by atoms with Crippen LogP contribution in [0.3, 0.4) is 0 Å². The van der Waals surface area contributed by atoms with Crippen molar-refractivity contribution in [3.05, 3.63) is 0 Å². The van der Waals surface area contributed by atoms with Crippen molar-refractivity contribution < 1.29 is 8.85 Å². The molecule has 0 spiro atoms. The summed E-state index contributed by atoms with van der Waals surface area (Å²) >= 11 is 6.37. The molecule has 0 heterocycles. The molecule has 14 heavy (non-hydrogen) atoms. The van der Waals surface area contributed by atoms with Gasteiger partial charge in [-0.25, -0.2) is 0 Å². The van der Waals surface area contributed by atoms with E-state index in [1.165, 1.54) is 0 Å². The van der Waals surface area contributed by atoms with Crippen molar-refractivity contribution >= 4 is 18.9 Å². The normalized spacial score (nSPS) is 12.0. The first-order valence-corrected chi connectivity index (χ1v) is 8.68. The fourth-order valence-corrected chi connectivity index (χ4v) is 4.11. The van der Waals surface area contributed by atoms with Crippen LogP contribution in [0.1, 0.15) is 46.5 Å². The molecule has 86 valence electrons. The van der Waals surface area contributed by atoms with Gasteiger partial charge in [-0.1, -0.05) is 44.7 Å². The molecule has 0 aliphatic carbocycles. The Balaban J connectivity index is 3.89. The van der Waals surface area contributed by atoms with Gasteiger partial charge in [0.15, 0.2) is 0 Å². The lowest BCUT2D eigenvalue weighted by atomic mass is 10.4. The Bertz CT molecular complexity index is 112. The molecule has 0 saturated carbocycles. The van der Waals surface area contributed by atoms with Crippen LogP contribution in [0.2, 0.25) is 6.04 Å². The van der Waals surface area contributed by atoms with Gasteiger partial charge < -0.3 is 8.85 Å². The summed E-state index contributed by atoms with van der Waals surface area (Å²) in [5.74, 6) is 0. The van der Waals surface area contributed by atoms with E-state index >= 15 is 0 Å². The summed E-state index contributed by atoms with van der Waals surface area (Å²) in [5.41, 5.74) is 0. The molecule has 0 fully saturated rings. The third-order valence-electron chi connectivity index (χ3n) is 1.87. The average Bonchev–Trinajstić information content (AvgIpc) is 2.21. The maximum absolute atomic E-state index is 6.37. The number of unbranched alkanes of at least 4 members (excludes halogenated alkanes) is 1. The molecule has 0 unspecified atom stereocenters. The first-order chi connectivity index (χ1) is 6.68. The van der Waals surface area contributed by atoms with Crippen LogP contribution in [-0.2, 0) is 8.85 Å². The van der Waals surface area contributed by atoms with Gasteiger partial charge in [-0.2, -0.15) is 0 Å². The minimum atomic E-state index is -2.34. The predicted molar refractivity (Wildman–Crippen MR) is 63.8 cm³/mol. The van der Waals surface area contributed by atoms with E-state index in [1.807, 2.05) is 0 Å². The molecule has 0 saturated heterocycles. The Morgan fingerprint density at radius 1 is 0.929 bits per heavy atom. The Labute approximate surface area is 93.9 Å². The van der Waals surface area contributed by atoms with Crippen molar-refractivity contribution in [2.45, 2.75) is 52.5 Å². The van der Waals surface area contributed by atoms with E-state index < -0.39 is 7.87 Å². The monoisotopic (exact) mass is 238 g/mol. The van der Waals surface area contributed by atoms with Gasteiger partial charge in [-0.05, 0) is 12.8 Å². The molecule has 0 bridgehead atoms. The number of halogens is 1. The highest BCUT2D eigenvalue weighted by Crippen LogP contribution is 2.22. The Morgan fingerprint density at radius 2 is 1.43 bits per heavy atom. The summed E-state index contributed by atoms with van der Waals surface area (Å²) in [7, 11) is -2.34. The zero-order chi connectivity index (χ0) is 10.9. The quantitative estimate of drug-likeness (QED) is 0.449. The molecule has 4 heteroatoms. The standard InChI is InChI=1S/C10H23ClO2Si/c1-4-7-10-14(11,12-8-5-2)13-9-6-3/h4-10H2,1-3H3. The molecule has 0 aromatic rings. The van der Waals surface area contributed by atoms with Gasteiger partial charge in [0, 0.05) is 19.3 Å². The highest BCUT2D eigenvalue weighted by atomic mass is 35.6. The Morgan fingerprint density at radius 3 is 1.79 bits per heavy atom. The molecule has 0 aromatic carbocycles. The summed E-state index contributed by atoms with van der Waals surface area (Å²) in [6.45, 7) is 7.79. The lowest BCUT2D eigenvalue weighted by molar-refractivity contribution is 0.186. The van der Waals surface area contributed by atoms with E-state index in [4.69, 9.17) is 19.9 Å². The van der Waals surface area contributed by atoms with Crippen LogP contribution in [0.15, 0.2) is 0 Å². The van der Waals surface area contributed by atoms with Crippen molar-refractivity contribution in [2.75, 3.05) is 13.2 Å². The zero-order valence-electron chi connectivity index (χ0n) is 9.64. The van der Waals surface area contributed by atoms with Gasteiger partial charge in [0.05, 0.1) is 0 Å². The molecule has 0 aliphatic heterocycles. The first kappa shape index (κ1) is 14.4. The molecule has 2 nitrogen and oxygen atoms in total. The van der Waals surface area contributed by atoms with Crippen molar-refractivity contribution in [3.63, 3.8) is 0 Å². The molecular weight excluding hydrogens is 216 g/mol. The summed E-state index contributed by atoms with van der Waals surface area (Å²) in [6, 6.07) is 0.908. The SMILES string of the molecule is CCCC[Si](Cl)(OCCC)OCCC. The fourth-order valence-electron chi connectivity index (χ4n) is 1.08. The van der Waals surface area contributed by atoms with E-state index in [-0.39, 0.29) is 0 Å². The number of hydrogen-bond acceptors (Lipinski definition) is 2. The van der Waals surface area contributed by atoms with Crippen molar-refractivity contribution in [3.8, 4) is 0 Å². The molecule has 0 N–H and O–H groups in total. The zero-order valence-corrected chi connectivity index (χ0v) is 11.4. The fraction of sp³-hybridized carbons (Fsp3) is 1.00. The van der Waals surface area contributed by atoms with E-state index in [2.05, 4.69) is 20.8 Å². The minimum absolute atomic E-state index is 0.725. The summed E-state index contributed by atoms with van der Waals surface area (Å²) in [5, 5.41) is 0. The van der Waals surface area contributed by atoms with Crippen LogP contribution < -0.4 is 0 Å². The highest BCUT2D eigenvalue weighted by Gasteiger charge is 2.34. The summed E-state index contributed by atoms with van der Waals surface area (Å²) < 4.78 is 11.3. The third kappa shape index (κ3) is 6.82. The molecule has 0 aliphatic rings. The molecule has 0 amide bonds. The van der Waals surface area contributed by atoms with Gasteiger partial charge in [0.1, 0.15) is 0 Å². The molecule has 0 aromatic heterocycles. The second-order valence-electron chi connectivity index (χ2n) is 3.46. The third-order valence-corrected chi connectivity index (χ3v) is 5.32. The number of rotatable bonds is 9. The van der Waals surface area contributed by atoms with Crippen LogP contribution >= 0.6 is 11.1 Å². The lowest BCUT2D eigenvalue weighted by Gasteiger charge is -2.23. The van der Waals surface area contributed by atoms with Crippen molar-refractivity contribution in [1.29, 1.82) is 0 Å². The molecule has 0 radical (unpaired) electrons. The minimum Gasteiger partial charge on any atom is -0.383 e. The summed E-state index contributed by atoms with van der Waals surface area (Å²) in [6.07, 6.45) is 4.25. The topological polar surface area (TPSA) is 18.5 Å². The van der Waals surface area contributed by atoms with E-state index in [0.717, 1.165) is 44.9 Å². The molecule has 0 atom stereocenters. The van der Waals surface area contributed by atoms with E-state index in [1.54, 1.807) is 0 Å². The second kappa shape index (κ2) is 8.71. The van der Waals surface area contributed by atoms with Gasteiger partial charge in [0.25, 0.3) is 0 Å². The molecular formula is C10H23ClO2Si. The van der Waals surface area contributed by atoms with Crippen LogP contribution in [0.25, 0.3) is 0 Å². The maximum Gasteiger partial charge on any atom is 0.443 e. The van der Waals surface area contributed by atoms with Crippen LogP contribution in [0, 0.1) is 0 Å². The smallest absolute Gasteiger partial charge is 0.383 e. The van der Waals surface area contributed by atoms with Crippen molar-refractivity contribution in [1.82, 2.24) is 0 Å². The Hall–Kier alpha value is 0.427.